The van der Waals surface area contributed by atoms with Crippen LogP contribution in [0.5, 0.6) is 5.75 Å². The van der Waals surface area contributed by atoms with Gasteiger partial charge in [0.15, 0.2) is 6.10 Å². The molecule has 0 spiro atoms. The summed E-state index contributed by atoms with van der Waals surface area (Å²) in [5.74, 6) is 1.91. The van der Waals surface area contributed by atoms with E-state index in [4.69, 9.17) is 9.72 Å². The van der Waals surface area contributed by atoms with Crippen LogP contribution in [0.3, 0.4) is 0 Å². The van der Waals surface area contributed by atoms with Crippen molar-refractivity contribution >= 4 is 23.1 Å². The molecular weight excluding hydrogens is 288 g/mol. The quantitative estimate of drug-likeness (QED) is 0.930. The van der Waals surface area contributed by atoms with Crippen molar-refractivity contribution in [1.82, 2.24) is 10.3 Å². The summed E-state index contributed by atoms with van der Waals surface area (Å²) < 4.78 is 6.06. The van der Waals surface area contributed by atoms with Gasteiger partial charge in [0.25, 0.3) is 0 Å². The van der Waals surface area contributed by atoms with Gasteiger partial charge >= 0.3 is 0 Å². The van der Waals surface area contributed by atoms with E-state index in [1.807, 2.05) is 23.9 Å². The zero-order chi connectivity index (χ0) is 13.9. The maximum absolute atomic E-state index is 6.06. The molecule has 0 saturated heterocycles. The average Bonchev–Trinajstić information content (AvgIpc) is 2.93. The predicted molar refractivity (Wildman–Crippen MR) is 84.6 cm³/mol. The number of thiazole rings is 1. The number of benzene rings is 1. The lowest BCUT2D eigenvalue weighted by atomic mass is 10.3. The van der Waals surface area contributed by atoms with Crippen LogP contribution in [-0.2, 0) is 6.54 Å². The number of nitrogens with zero attached hydrogens (tertiary/aromatic N) is 1. The monoisotopic (exact) mass is 306 g/mol. The van der Waals surface area contributed by atoms with Crippen LogP contribution in [-0.4, -0.2) is 16.8 Å². The van der Waals surface area contributed by atoms with E-state index in [1.165, 1.54) is 4.90 Å². The molecule has 1 aliphatic rings. The van der Waals surface area contributed by atoms with E-state index < -0.39 is 0 Å². The van der Waals surface area contributed by atoms with Crippen molar-refractivity contribution in [2.45, 2.75) is 37.4 Å². The van der Waals surface area contributed by atoms with Gasteiger partial charge in [0.05, 0.1) is 5.69 Å². The lowest BCUT2D eigenvalue weighted by Crippen LogP contribution is -2.22. The largest absolute Gasteiger partial charge is 0.481 e. The van der Waals surface area contributed by atoms with E-state index in [0.29, 0.717) is 6.04 Å². The van der Waals surface area contributed by atoms with Crippen LogP contribution in [0.25, 0.3) is 0 Å². The summed E-state index contributed by atoms with van der Waals surface area (Å²) >= 11 is 3.54. The van der Waals surface area contributed by atoms with E-state index in [9.17, 15) is 0 Å². The van der Waals surface area contributed by atoms with E-state index in [0.717, 1.165) is 28.7 Å². The number of ether oxygens (including phenoxy) is 1. The van der Waals surface area contributed by atoms with Gasteiger partial charge in [-0.05, 0) is 12.1 Å². The second-order valence-electron chi connectivity index (χ2n) is 5.08. The SMILES string of the molecule is CC(C)NCc1csc(C2CSc3ccccc3O2)n1. The number of rotatable bonds is 4. The van der Waals surface area contributed by atoms with Crippen molar-refractivity contribution < 1.29 is 4.74 Å². The Morgan fingerprint density at radius 3 is 3.10 bits per heavy atom. The zero-order valence-electron chi connectivity index (χ0n) is 11.6. The summed E-state index contributed by atoms with van der Waals surface area (Å²) in [5, 5.41) is 6.59. The molecule has 1 N–H and O–H groups in total. The molecule has 3 rings (SSSR count). The van der Waals surface area contributed by atoms with Crippen molar-refractivity contribution in [2.24, 2.45) is 0 Å². The first kappa shape index (κ1) is 13.9. The topological polar surface area (TPSA) is 34.1 Å². The van der Waals surface area contributed by atoms with Crippen molar-refractivity contribution in [3.63, 3.8) is 0 Å². The Morgan fingerprint density at radius 2 is 2.25 bits per heavy atom. The molecule has 2 aromatic rings. The van der Waals surface area contributed by atoms with Crippen LogP contribution in [0.15, 0.2) is 34.5 Å². The van der Waals surface area contributed by atoms with E-state index in [-0.39, 0.29) is 6.10 Å². The second kappa shape index (κ2) is 6.16. The summed E-state index contributed by atoms with van der Waals surface area (Å²) in [4.78, 5) is 5.92. The number of thioether (sulfide) groups is 1. The Morgan fingerprint density at radius 1 is 1.40 bits per heavy atom. The molecule has 0 radical (unpaired) electrons. The summed E-state index contributed by atoms with van der Waals surface area (Å²) in [7, 11) is 0. The Hall–Kier alpha value is -1.04. The first-order valence-corrected chi connectivity index (χ1v) is 8.65. The van der Waals surface area contributed by atoms with Crippen LogP contribution in [0.1, 0.15) is 30.7 Å². The number of aromatic nitrogens is 1. The van der Waals surface area contributed by atoms with Gasteiger partial charge in [-0.3, -0.25) is 0 Å². The van der Waals surface area contributed by atoms with Gasteiger partial charge in [-0.15, -0.1) is 23.1 Å². The zero-order valence-corrected chi connectivity index (χ0v) is 13.3. The summed E-state index contributed by atoms with van der Waals surface area (Å²) in [6.45, 7) is 5.11. The van der Waals surface area contributed by atoms with Crippen LogP contribution in [0, 0.1) is 0 Å². The number of para-hydroxylation sites is 1. The molecule has 106 valence electrons. The number of fused-ring (bicyclic) bond motifs is 1. The Bertz CT molecular complexity index is 583. The van der Waals surface area contributed by atoms with Crippen molar-refractivity contribution in [3.8, 4) is 5.75 Å². The minimum Gasteiger partial charge on any atom is -0.481 e. The molecule has 0 fully saturated rings. The molecule has 1 aromatic heterocycles. The van der Waals surface area contributed by atoms with Gasteiger partial charge in [0.1, 0.15) is 10.8 Å². The highest BCUT2D eigenvalue weighted by Gasteiger charge is 2.24. The summed E-state index contributed by atoms with van der Waals surface area (Å²) in [6, 6.07) is 8.68. The molecule has 0 bridgehead atoms. The lowest BCUT2D eigenvalue weighted by Gasteiger charge is -2.23. The molecule has 1 unspecified atom stereocenters. The summed E-state index contributed by atoms with van der Waals surface area (Å²) in [6.07, 6.45) is 0.0766. The van der Waals surface area contributed by atoms with Gasteiger partial charge in [-0.2, -0.15) is 0 Å². The van der Waals surface area contributed by atoms with Crippen molar-refractivity contribution in [2.75, 3.05) is 5.75 Å². The molecule has 5 heteroatoms. The lowest BCUT2D eigenvalue weighted by molar-refractivity contribution is 0.219. The maximum atomic E-state index is 6.06. The molecule has 20 heavy (non-hydrogen) atoms. The molecular formula is C15H18N2OS2. The minimum atomic E-state index is 0.0766. The number of hydrogen-bond donors (Lipinski definition) is 1. The minimum absolute atomic E-state index is 0.0766. The van der Waals surface area contributed by atoms with Crippen LogP contribution >= 0.6 is 23.1 Å². The van der Waals surface area contributed by atoms with E-state index >= 15 is 0 Å². The molecule has 0 aliphatic carbocycles. The van der Waals surface area contributed by atoms with E-state index in [2.05, 4.69) is 36.7 Å². The van der Waals surface area contributed by atoms with Crippen molar-refractivity contribution in [1.29, 1.82) is 0 Å². The fourth-order valence-corrected chi connectivity index (χ4v) is 3.94. The number of hydrogen-bond acceptors (Lipinski definition) is 5. The molecule has 0 saturated carbocycles. The predicted octanol–water partition coefficient (Wildman–Crippen LogP) is 3.87. The van der Waals surface area contributed by atoms with Gasteiger partial charge in [-0.1, -0.05) is 26.0 Å². The third-order valence-electron chi connectivity index (χ3n) is 3.04. The highest BCUT2D eigenvalue weighted by Crippen LogP contribution is 2.40. The third-order valence-corrected chi connectivity index (χ3v) is 5.15. The molecule has 3 nitrogen and oxygen atoms in total. The third kappa shape index (κ3) is 3.16. The highest BCUT2D eigenvalue weighted by atomic mass is 32.2. The van der Waals surface area contributed by atoms with Gasteiger partial charge in [-0.25, -0.2) is 4.98 Å². The Labute approximate surface area is 127 Å². The highest BCUT2D eigenvalue weighted by molar-refractivity contribution is 7.99. The molecule has 1 aromatic carbocycles. The molecule has 2 heterocycles. The van der Waals surface area contributed by atoms with Gasteiger partial charge < -0.3 is 10.1 Å². The Kier molecular flexibility index (Phi) is 4.29. The van der Waals surface area contributed by atoms with Gasteiger partial charge in [0, 0.05) is 28.6 Å². The van der Waals surface area contributed by atoms with Crippen LogP contribution in [0.4, 0.5) is 0 Å². The van der Waals surface area contributed by atoms with Crippen LogP contribution in [0.2, 0.25) is 0 Å². The standard InChI is InChI=1S/C15H18N2OS2/c1-10(2)16-7-11-8-20-15(17-11)13-9-19-14-6-4-3-5-12(14)18-13/h3-6,8,10,13,16H,7,9H2,1-2H3. The first-order chi connectivity index (χ1) is 9.72. The second-order valence-corrected chi connectivity index (χ2v) is 7.03. The number of nitrogens with one attached hydrogen (secondary N) is 1. The normalized spacial score (nSPS) is 17.9. The smallest absolute Gasteiger partial charge is 0.159 e. The molecule has 0 amide bonds. The first-order valence-electron chi connectivity index (χ1n) is 6.78. The van der Waals surface area contributed by atoms with Gasteiger partial charge in [0.2, 0.25) is 0 Å². The molecule has 1 aliphatic heterocycles. The maximum Gasteiger partial charge on any atom is 0.159 e. The van der Waals surface area contributed by atoms with Crippen LogP contribution < -0.4 is 10.1 Å². The van der Waals surface area contributed by atoms with Crippen molar-refractivity contribution in [3.05, 3.63) is 40.3 Å². The fraction of sp³-hybridized carbons (Fsp3) is 0.400. The fourth-order valence-electron chi connectivity index (χ4n) is 2.00. The van der Waals surface area contributed by atoms with E-state index in [1.54, 1.807) is 11.3 Å². The molecule has 1 atom stereocenters. The Balaban J connectivity index is 1.69. The average molecular weight is 306 g/mol. The summed E-state index contributed by atoms with van der Waals surface area (Å²) in [5.41, 5.74) is 1.10.